The highest BCUT2D eigenvalue weighted by atomic mass is 32.2. The number of carboxylic acid groups (broad SMARTS) is 1. The van der Waals surface area contributed by atoms with Gasteiger partial charge in [0.25, 0.3) is 0 Å². The lowest BCUT2D eigenvalue weighted by atomic mass is 10.3. The molecule has 0 aliphatic heterocycles. The predicted molar refractivity (Wildman–Crippen MR) is 72.0 cm³/mol. The molecule has 0 aromatic carbocycles. The minimum atomic E-state index is -0.829. The fraction of sp³-hybridized carbons (Fsp3) is 0.636. The zero-order valence-corrected chi connectivity index (χ0v) is 11.3. The van der Waals surface area contributed by atoms with Gasteiger partial charge in [0, 0.05) is 16.7 Å². The van der Waals surface area contributed by atoms with Crippen molar-refractivity contribution in [2.24, 2.45) is 0 Å². The van der Waals surface area contributed by atoms with Gasteiger partial charge in [-0.25, -0.2) is 4.98 Å². The molecule has 1 fully saturated rings. The molecule has 0 spiro atoms. The van der Waals surface area contributed by atoms with E-state index in [9.17, 15) is 4.79 Å². The summed E-state index contributed by atoms with van der Waals surface area (Å²) in [6.45, 7) is 0. The van der Waals surface area contributed by atoms with Crippen molar-refractivity contribution in [3.05, 3.63) is 11.1 Å². The summed E-state index contributed by atoms with van der Waals surface area (Å²) in [7, 11) is 0. The minimum Gasteiger partial charge on any atom is -0.481 e. The third kappa shape index (κ3) is 3.61. The zero-order valence-electron chi connectivity index (χ0n) is 9.68. The molecular weight excluding hydrogens is 256 g/mol. The summed E-state index contributed by atoms with van der Waals surface area (Å²) in [4.78, 5) is 14.8. The maximum Gasteiger partial charge on any atom is 0.309 e. The van der Waals surface area contributed by atoms with Crippen molar-refractivity contribution >= 4 is 34.2 Å². The van der Waals surface area contributed by atoms with Crippen LogP contribution in [0.15, 0.2) is 5.38 Å². The van der Waals surface area contributed by atoms with Crippen molar-refractivity contribution < 1.29 is 9.90 Å². The van der Waals surface area contributed by atoms with E-state index in [0.29, 0.717) is 11.7 Å². The Balaban J connectivity index is 1.87. The highest BCUT2D eigenvalue weighted by Gasteiger charge is 2.24. The van der Waals surface area contributed by atoms with E-state index in [1.54, 1.807) is 0 Å². The Bertz CT molecular complexity index is 395. The number of anilines is 1. The van der Waals surface area contributed by atoms with E-state index < -0.39 is 5.97 Å². The molecule has 2 unspecified atom stereocenters. The Morgan fingerprint density at radius 2 is 2.53 bits per heavy atom. The average Bonchev–Trinajstić information content (AvgIpc) is 2.88. The van der Waals surface area contributed by atoms with E-state index in [2.05, 4.69) is 16.6 Å². The van der Waals surface area contributed by atoms with Crippen LogP contribution in [0.1, 0.15) is 25.0 Å². The van der Waals surface area contributed by atoms with Crippen molar-refractivity contribution in [2.45, 2.75) is 37.0 Å². The van der Waals surface area contributed by atoms with Gasteiger partial charge in [0.1, 0.15) is 0 Å². The fourth-order valence-electron chi connectivity index (χ4n) is 2.07. The van der Waals surface area contributed by atoms with Gasteiger partial charge in [-0.05, 0) is 25.5 Å². The highest BCUT2D eigenvalue weighted by Crippen LogP contribution is 2.30. The smallest absolute Gasteiger partial charge is 0.309 e. The largest absolute Gasteiger partial charge is 0.481 e. The molecule has 2 rings (SSSR count). The number of thioether (sulfide) groups is 1. The minimum absolute atomic E-state index is 0.0102. The van der Waals surface area contributed by atoms with Crippen LogP contribution >= 0.6 is 23.1 Å². The summed E-state index contributed by atoms with van der Waals surface area (Å²) in [6.07, 6.45) is 5.78. The topological polar surface area (TPSA) is 62.2 Å². The number of carbonyl (C=O) groups is 1. The summed E-state index contributed by atoms with van der Waals surface area (Å²) in [5, 5.41) is 15.5. The molecule has 0 bridgehead atoms. The Morgan fingerprint density at radius 3 is 3.18 bits per heavy atom. The second kappa shape index (κ2) is 5.73. The molecule has 2 N–H and O–H groups in total. The molecule has 1 saturated carbocycles. The fourth-order valence-corrected chi connectivity index (χ4v) is 3.65. The molecule has 2 atom stereocenters. The number of nitrogens with zero attached hydrogens (tertiary/aromatic N) is 1. The van der Waals surface area contributed by atoms with Crippen LogP contribution in [0.3, 0.4) is 0 Å². The van der Waals surface area contributed by atoms with E-state index in [-0.39, 0.29) is 6.42 Å². The van der Waals surface area contributed by atoms with E-state index in [0.717, 1.165) is 10.4 Å². The van der Waals surface area contributed by atoms with Crippen molar-refractivity contribution in [2.75, 3.05) is 11.6 Å². The van der Waals surface area contributed by atoms with Crippen molar-refractivity contribution in [3.63, 3.8) is 0 Å². The molecule has 4 nitrogen and oxygen atoms in total. The number of thiazole rings is 1. The number of carboxylic acids is 1. The first-order valence-electron chi connectivity index (χ1n) is 5.63. The molecule has 0 saturated heterocycles. The molecule has 0 amide bonds. The lowest BCUT2D eigenvalue weighted by Gasteiger charge is -2.10. The Kier molecular flexibility index (Phi) is 4.28. The average molecular weight is 272 g/mol. The molecule has 1 heterocycles. The van der Waals surface area contributed by atoms with E-state index in [1.807, 2.05) is 17.1 Å². The van der Waals surface area contributed by atoms with E-state index >= 15 is 0 Å². The summed E-state index contributed by atoms with van der Waals surface area (Å²) in [5.41, 5.74) is 0.643. The first-order valence-corrected chi connectivity index (χ1v) is 7.79. The third-order valence-electron chi connectivity index (χ3n) is 2.93. The highest BCUT2D eigenvalue weighted by molar-refractivity contribution is 7.99. The summed E-state index contributed by atoms with van der Waals surface area (Å²) < 4.78 is 0. The SMILES string of the molecule is CSC1CCC(Nc2nc(CC(=O)O)cs2)C1. The van der Waals surface area contributed by atoms with Gasteiger partial charge in [0.2, 0.25) is 0 Å². The van der Waals surface area contributed by atoms with E-state index in [4.69, 9.17) is 5.11 Å². The number of hydrogen-bond acceptors (Lipinski definition) is 5. The predicted octanol–water partition coefficient (Wildman–Crippen LogP) is 2.47. The van der Waals surface area contributed by atoms with Gasteiger partial charge >= 0.3 is 5.97 Å². The van der Waals surface area contributed by atoms with Crippen LogP contribution in [0.25, 0.3) is 0 Å². The van der Waals surface area contributed by atoms with Gasteiger partial charge < -0.3 is 10.4 Å². The number of aliphatic carboxylic acids is 1. The zero-order chi connectivity index (χ0) is 12.3. The molecule has 1 aliphatic carbocycles. The molecule has 1 aliphatic rings. The maximum atomic E-state index is 10.5. The van der Waals surface area contributed by atoms with Crippen molar-refractivity contribution in [3.8, 4) is 0 Å². The van der Waals surface area contributed by atoms with Crippen LogP contribution in [0, 0.1) is 0 Å². The summed E-state index contributed by atoms with van der Waals surface area (Å²) in [6, 6.07) is 0.497. The van der Waals surface area contributed by atoms with Crippen LogP contribution in [0.2, 0.25) is 0 Å². The van der Waals surface area contributed by atoms with Gasteiger partial charge in [0.05, 0.1) is 12.1 Å². The Morgan fingerprint density at radius 1 is 1.71 bits per heavy atom. The van der Waals surface area contributed by atoms with Gasteiger partial charge in [-0.2, -0.15) is 11.8 Å². The summed E-state index contributed by atoms with van der Waals surface area (Å²) in [5.74, 6) is -0.829. The standard InChI is InChI=1S/C11H16N2O2S2/c1-16-9-3-2-7(4-9)12-11-13-8(6-17-11)5-10(14)15/h6-7,9H,2-5H2,1H3,(H,12,13)(H,14,15). The van der Waals surface area contributed by atoms with Crippen molar-refractivity contribution in [1.82, 2.24) is 4.98 Å². The second-order valence-electron chi connectivity index (χ2n) is 4.23. The van der Waals surface area contributed by atoms with Crippen molar-refractivity contribution in [1.29, 1.82) is 0 Å². The quantitative estimate of drug-likeness (QED) is 0.862. The molecule has 17 heavy (non-hydrogen) atoms. The van der Waals surface area contributed by atoms with E-state index in [1.165, 1.54) is 30.6 Å². The van der Waals surface area contributed by atoms with Gasteiger partial charge in [-0.1, -0.05) is 0 Å². The number of rotatable bonds is 5. The lowest BCUT2D eigenvalue weighted by molar-refractivity contribution is -0.136. The van der Waals surface area contributed by atoms with Crippen LogP contribution < -0.4 is 5.32 Å². The molecule has 6 heteroatoms. The normalized spacial score (nSPS) is 23.8. The molecular formula is C11H16N2O2S2. The maximum absolute atomic E-state index is 10.5. The molecule has 1 aromatic rings. The Labute approximate surface area is 109 Å². The number of aromatic nitrogens is 1. The third-order valence-corrected chi connectivity index (χ3v) is 4.85. The van der Waals surface area contributed by atoms with Crippen LogP contribution in [-0.2, 0) is 11.2 Å². The van der Waals surface area contributed by atoms with Gasteiger partial charge in [0.15, 0.2) is 5.13 Å². The van der Waals surface area contributed by atoms with Crippen LogP contribution in [0.4, 0.5) is 5.13 Å². The lowest BCUT2D eigenvalue weighted by Crippen LogP contribution is -2.15. The van der Waals surface area contributed by atoms with Crippen LogP contribution in [-0.4, -0.2) is 33.6 Å². The molecule has 1 aromatic heterocycles. The second-order valence-corrected chi connectivity index (χ2v) is 6.22. The molecule has 0 radical (unpaired) electrons. The first kappa shape index (κ1) is 12.7. The number of nitrogens with one attached hydrogen (secondary N) is 1. The van der Waals surface area contributed by atoms with Crippen LogP contribution in [0.5, 0.6) is 0 Å². The summed E-state index contributed by atoms with van der Waals surface area (Å²) >= 11 is 3.42. The first-order chi connectivity index (χ1) is 8.17. The molecule has 94 valence electrons. The van der Waals surface area contributed by atoms with Gasteiger partial charge in [-0.3, -0.25) is 4.79 Å². The van der Waals surface area contributed by atoms with Gasteiger partial charge in [-0.15, -0.1) is 11.3 Å². The monoisotopic (exact) mass is 272 g/mol. The Hall–Kier alpha value is -0.750. The number of hydrogen-bond donors (Lipinski definition) is 2.